The fourth-order valence-electron chi connectivity index (χ4n) is 3.72. The van der Waals surface area contributed by atoms with E-state index < -0.39 is 6.04 Å². The molecule has 0 aliphatic carbocycles. The fraction of sp³-hybridized carbons (Fsp3) is 0.269. The lowest BCUT2D eigenvalue weighted by molar-refractivity contribution is -0.113. The van der Waals surface area contributed by atoms with Crippen molar-refractivity contribution in [2.45, 2.75) is 31.5 Å². The van der Waals surface area contributed by atoms with Gasteiger partial charge >= 0.3 is 0 Å². The Morgan fingerprint density at radius 1 is 1.11 bits per heavy atom. The molecule has 0 saturated heterocycles. The SMILES string of the molecule is CC(C)C[C@@H](NC(=O)c1ccc(Cl)cc1Cl)c1nnc(SCC(=O)Nc2nc(-c3ccccc3)cs2)n1C. The van der Waals surface area contributed by atoms with Crippen molar-refractivity contribution in [2.75, 3.05) is 11.1 Å². The van der Waals surface area contributed by atoms with Gasteiger partial charge in [-0.3, -0.25) is 9.59 Å². The second-order valence-electron chi connectivity index (χ2n) is 8.92. The Bertz CT molecular complexity index is 1420. The van der Waals surface area contributed by atoms with Crippen molar-refractivity contribution in [2.24, 2.45) is 13.0 Å². The van der Waals surface area contributed by atoms with Crippen LogP contribution in [0.25, 0.3) is 11.3 Å². The average molecular weight is 590 g/mol. The molecule has 2 N–H and O–H groups in total. The Morgan fingerprint density at radius 3 is 2.58 bits per heavy atom. The monoisotopic (exact) mass is 588 g/mol. The summed E-state index contributed by atoms with van der Waals surface area (Å²) in [6.07, 6.45) is 0.641. The quantitative estimate of drug-likeness (QED) is 0.205. The van der Waals surface area contributed by atoms with E-state index in [4.69, 9.17) is 23.2 Å². The number of nitrogens with zero attached hydrogens (tertiary/aromatic N) is 4. The first-order valence-electron chi connectivity index (χ1n) is 11.8. The van der Waals surface area contributed by atoms with Gasteiger partial charge in [0.15, 0.2) is 16.1 Å². The Balaban J connectivity index is 1.40. The average Bonchev–Trinajstić information content (AvgIpc) is 3.49. The number of aromatic nitrogens is 4. The predicted molar refractivity (Wildman–Crippen MR) is 154 cm³/mol. The highest BCUT2D eigenvalue weighted by molar-refractivity contribution is 7.99. The number of carbonyl (C=O) groups is 2. The van der Waals surface area contributed by atoms with Gasteiger partial charge in [0.05, 0.1) is 28.1 Å². The summed E-state index contributed by atoms with van der Waals surface area (Å²) in [5.74, 6) is 0.477. The summed E-state index contributed by atoms with van der Waals surface area (Å²) in [5, 5.41) is 18.2. The third-order valence-electron chi connectivity index (χ3n) is 5.52. The van der Waals surface area contributed by atoms with Gasteiger partial charge in [0, 0.05) is 23.0 Å². The van der Waals surface area contributed by atoms with Crippen LogP contribution in [0.4, 0.5) is 5.13 Å². The minimum absolute atomic E-state index is 0.133. The molecule has 4 rings (SSSR count). The summed E-state index contributed by atoms with van der Waals surface area (Å²) in [6.45, 7) is 4.12. The van der Waals surface area contributed by atoms with Crippen LogP contribution < -0.4 is 10.6 Å². The van der Waals surface area contributed by atoms with E-state index in [2.05, 4.69) is 39.7 Å². The Kier molecular flexibility index (Phi) is 9.43. The molecule has 1 atom stereocenters. The first-order valence-corrected chi connectivity index (χ1v) is 14.4. The topological polar surface area (TPSA) is 102 Å². The highest BCUT2D eigenvalue weighted by atomic mass is 35.5. The Hall–Kier alpha value is -2.92. The molecule has 0 spiro atoms. The van der Waals surface area contributed by atoms with E-state index in [9.17, 15) is 9.59 Å². The van der Waals surface area contributed by atoms with Crippen LogP contribution in [0.3, 0.4) is 0 Å². The maximum absolute atomic E-state index is 13.0. The van der Waals surface area contributed by atoms with Crippen LogP contribution in [0.5, 0.6) is 0 Å². The van der Waals surface area contributed by atoms with Crippen molar-refractivity contribution in [3.63, 3.8) is 0 Å². The molecule has 8 nitrogen and oxygen atoms in total. The van der Waals surface area contributed by atoms with Crippen LogP contribution in [-0.4, -0.2) is 37.3 Å². The summed E-state index contributed by atoms with van der Waals surface area (Å²) in [4.78, 5) is 30.1. The molecule has 0 unspecified atom stereocenters. The number of benzene rings is 2. The van der Waals surface area contributed by atoms with Crippen LogP contribution >= 0.6 is 46.3 Å². The Morgan fingerprint density at radius 2 is 1.87 bits per heavy atom. The summed E-state index contributed by atoms with van der Waals surface area (Å²) in [5.41, 5.74) is 2.14. The first-order chi connectivity index (χ1) is 18.2. The van der Waals surface area contributed by atoms with Gasteiger partial charge in [0.1, 0.15) is 0 Å². The standard InChI is InChI=1S/C26H26Cl2N6O2S2/c1-15(2)11-20(29-24(36)18-10-9-17(27)12-19(18)28)23-32-33-26(34(23)3)38-14-22(35)31-25-30-21(13-37-25)16-7-5-4-6-8-16/h4-10,12-13,15,20H,11,14H2,1-3H3,(H,29,36)(H,30,31,35)/t20-/m1/s1. The van der Waals surface area contributed by atoms with E-state index in [0.29, 0.717) is 33.1 Å². The largest absolute Gasteiger partial charge is 0.342 e. The molecule has 198 valence electrons. The van der Waals surface area contributed by atoms with Crippen LogP contribution in [0.2, 0.25) is 10.0 Å². The molecule has 38 heavy (non-hydrogen) atoms. The first kappa shape index (κ1) is 28.1. The predicted octanol–water partition coefficient (Wildman–Crippen LogP) is 6.49. The van der Waals surface area contributed by atoms with Gasteiger partial charge in [-0.05, 0) is 30.5 Å². The van der Waals surface area contributed by atoms with E-state index >= 15 is 0 Å². The minimum Gasteiger partial charge on any atom is -0.342 e. The van der Waals surface area contributed by atoms with E-state index in [-0.39, 0.29) is 28.5 Å². The van der Waals surface area contributed by atoms with Crippen molar-refractivity contribution in [1.82, 2.24) is 25.1 Å². The van der Waals surface area contributed by atoms with Crippen LogP contribution in [0.15, 0.2) is 59.1 Å². The molecule has 0 fully saturated rings. The summed E-state index contributed by atoms with van der Waals surface area (Å²) < 4.78 is 1.80. The van der Waals surface area contributed by atoms with E-state index in [0.717, 1.165) is 11.3 Å². The second-order valence-corrected chi connectivity index (χ2v) is 11.6. The fourth-order valence-corrected chi connectivity index (χ4v) is 5.67. The zero-order valence-corrected chi connectivity index (χ0v) is 24.1. The summed E-state index contributed by atoms with van der Waals surface area (Å²) in [6, 6.07) is 14.1. The van der Waals surface area contributed by atoms with Gasteiger partial charge in [-0.2, -0.15) is 0 Å². The molecular formula is C26H26Cl2N6O2S2. The zero-order chi connectivity index (χ0) is 27.2. The van der Waals surface area contributed by atoms with Gasteiger partial charge in [-0.15, -0.1) is 21.5 Å². The number of hydrogen-bond acceptors (Lipinski definition) is 7. The number of hydrogen-bond donors (Lipinski definition) is 2. The maximum Gasteiger partial charge on any atom is 0.253 e. The lowest BCUT2D eigenvalue weighted by Gasteiger charge is -2.20. The number of anilines is 1. The van der Waals surface area contributed by atoms with Crippen LogP contribution in [0.1, 0.15) is 42.5 Å². The number of amides is 2. The minimum atomic E-state index is -0.401. The number of halogens is 2. The molecule has 2 amide bonds. The summed E-state index contributed by atoms with van der Waals surface area (Å²) in [7, 11) is 1.82. The lowest BCUT2D eigenvalue weighted by Crippen LogP contribution is -2.31. The molecule has 0 aliphatic heterocycles. The molecule has 2 aromatic carbocycles. The number of rotatable bonds is 10. The highest BCUT2D eigenvalue weighted by Gasteiger charge is 2.24. The molecule has 0 saturated carbocycles. The third-order valence-corrected chi connectivity index (χ3v) is 7.85. The normalized spacial score (nSPS) is 11.9. The third kappa shape index (κ3) is 7.13. The molecule has 0 aliphatic rings. The molecule has 2 aromatic heterocycles. The summed E-state index contributed by atoms with van der Waals surface area (Å²) >= 11 is 14.8. The molecule has 0 bridgehead atoms. The van der Waals surface area contributed by atoms with Gasteiger partial charge in [0.2, 0.25) is 5.91 Å². The maximum atomic E-state index is 13.0. The molecule has 4 aromatic rings. The smallest absolute Gasteiger partial charge is 0.253 e. The number of carbonyl (C=O) groups excluding carboxylic acids is 2. The number of thioether (sulfide) groups is 1. The lowest BCUT2D eigenvalue weighted by atomic mass is 10.0. The van der Waals surface area contributed by atoms with E-state index in [1.54, 1.807) is 16.7 Å². The van der Waals surface area contributed by atoms with Crippen molar-refractivity contribution in [3.05, 3.63) is 75.3 Å². The Labute approximate surface area is 239 Å². The molecule has 2 heterocycles. The van der Waals surface area contributed by atoms with Gasteiger partial charge in [-0.1, -0.05) is 79.1 Å². The van der Waals surface area contributed by atoms with Crippen molar-refractivity contribution in [3.8, 4) is 11.3 Å². The van der Waals surface area contributed by atoms with E-state index in [1.165, 1.54) is 29.2 Å². The number of nitrogens with one attached hydrogen (secondary N) is 2. The number of thiazole rings is 1. The molecular weight excluding hydrogens is 563 g/mol. The molecule has 12 heteroatoms. The zero-order valence-electron chi connectivity index (χ0n) is 20.9. The van der Waals surface area contributed by atoms with Gasteiger partial charge in [0.25, 0.3) is 5.91 Å². The second kappa shape index (κ2) is 12.8. The van der Waals surface area contributed by atoms with Gasteiger partial charge in [-0.25, -0.2) is 4.98 Å². The van der Waals surface area contributed by atoms with Crippen LogP contribution in [0, 0.1) is 5.92 Å². The molecule has 0 radical (unpaired) electrons. The van der Waals surface area contributed by atoms with Crippen molar-refractivity contribution < 1.29 is 9.59 Å². The van der Waals surface area contributed by atoms with E-state index in [1.807, 2.05) is 42.8 Å². The highest BCUT2D eigenvalue weighted by Crippen LogP contribution is 2.27. The van der Waals surface area contributed by atoms with Crippen LogP contribution in [-0.2, 0) is 11.8 Å². The van der Waals surface area contributed by atoms with Crippen molar-refractivity contribution in [1.29, 1.82) is 0 Å². The van der Waals surface area contributed by atoms with Crippen molar-refractivity contribution >= 4 is 63.2 Å². The van der Waals surface area contributed by atoms with Gasteiger partial charge < -0.3 is 15.2 Å².